The van der Waals surface area contributed by atoms with Crippen LogP contribution in [0.1, 0.15) is 0 Å². The van der Waals surface area contributed by atoms with Crippen molar-refractivity contribution in [1.29, 1.82) is 0 Å². The number of rotatable bonds is 2. The maximum atomic E-state index is 6.36. The molecule has 0 amide bonds. The molecule has 3 rings (SSSR count). The topological polar surface area (TPSA) is 12.9 Å². The molecule has 0 radical (unpaired) electrons. The molecule has 0 aliphatic heterocycles. The van der Waals surface area contributed by atoms with Gasteiger partial charge in [-0.05, 0) is 59.0 Å². The number of pyridine rings is 1. The highest BCUT2D eigenvalue weighted by Crippen LogP contribution is 2.43. The second-order valence-electron chi connectivity index (χ2n) is 4.96. The van der Waals surface area contributed by atoms with Gasteiger partial charge in [-0.25, -0.2) is 4.98 Å². The summed E-state index contributed by atoms with van der Waals surface area (Å²) in [7, 11) is 0. The van der Waals surface area contributed by atoms with Gasteiger partial charge in [-0.15, -0.1) is 0 Å². The predicted molar refractivity (Wildman–Crippen MR) is 118 cm³/mol. The number of benzene rings is 2. The van der Waals surface area contributed by atoms with E-state index in [1.54, 1.807) is 30.3 Å². The van der Waals surface area contributed by atoms with Gasteiger partial charge in [0.15, 0.2) is 0 Å². The second kappa shape index (κ2) is 7.97. The monoisotopic (exact) mass is 561 g/mol. The molecule has 8 heteroatoms. The van der Waals surface area contributed by atoms with E-state index in [0.29, 0.717) is 52.7 Å². The standard InChI is InChI=1S/C17H6Cl6IN/c18-7-1-3-9(20)15(22)13(7)12-6-5-11(24)17(25-12)14-8(19)2-4-10(21)16(14)23/h1-6H. The number of nitrogens with zero attached hydrogens (tertiary/aromatic N) is 1. The number of hydrogen-bond acceptors (Lipinski definition) is 1. The first-order valence-electron chi connectivity index (χ1n) is 6.75. The Morgan fingerprint density at radius 2 is 1.08 bits per heavy atom. The fourth-order valence-corrected chi connectivity index (χ4v) is 4.26. The molecule has 0 N–H and O–H groups in total. The summed E-state index contributed by atoms with van der Waals surface area (Å²) in [6.07, 6.45) is 0. The average molecular weight is 564 g/mol. The van der Waals surface area contributed by atoms with Crippen molar-refractivity contribution in [1.82, 2.24) is 4.98 Å². The summed E-state index contributed by atoms with van der Waals surface area (Å²) in [6.45, 7) is 0. The molecule has 0 unspecified atom stereocenters. The van der Waals surface area contributed by atoms with E-state index in [-0.39, 0.29) is 0 Å². The molecule has 0 aliphatic rings. The predicted octanol–water partition coefficient (Wildman–Crippen LogP) is 8.94. The maximum Gasteiger partial charge on any atom is 0.0873 e. The Bertz CT molecular complexity index is 989. The Kier molecular flexibility index (Phi) is 6.32. The summed E-state index contributed by atoms with van der Waals surface area (Å²) in [6, 6.07) is 10.3. The third-order valence-corrected chi connectivity index (χ3v) is 6.54. The molecule has 0 bridgehead atoms. The van der Waals surface area contributed by atoms with E-state index < -0.39 is 0 Å². The summed E-state index contributed by atoms with van der Waals surface area (Å²) in [4.78, 5) is 4.68. The molecule has 0 spiro atoms. The minimum Gasteiger partial charge on any atom is -0.246 e. The van der Waals surface area contributed by atoms with Crippen molar-refractivity contribution >= 4 is 92.2 Å². The number of hydrogen-bond donors (Lipinski definition) is 0. The molecule has 1 aromatic heterocycles. The van der Waals surface area contributed by atoms with Crippen LogP contribution in [0.3, 0.4) is 0 Å². The van der Waals surface area contributed by atoms with Gasteiger partial charge < -0.3 is 0 Å². The zero-order valence-corrected chi connectivity index (χ0v) is 18.8. The highest BCUT2D eigenvalue weighted by atomic mass is 127. The first-order chi connectivity index (χ1) is 11.8. The van der Waals surface area contributed by atoms with Gasteiger partial charge in [0.2, 0.25) is 0 Å². The molecular formula is C17H6Cl6IN. The summed E-state index contributed by atoms with van der Waals surface area (Å²) in [5, 5.41) is 2.33. The van der Waals surface area contributed by atoms with E-state index in [0.717, 1.165) is 3.57 Å². The quantitative estimate of drug-likeness (QED) is 0.224. The van der Waals surface area contributed by atoms with Crippen LogP contribution in [-0.2, 0) is 0 Å². The van der Waals surface area contributed by atoms with Gasteiger partial charge in [0.1, 0.15) is 0 Å². The van der Waals surface area contributed by atoms with Crippen LogP contribution in [0, 0.1) is 3.57 Å². The van der Waals surface area contributed by atoms with E-state index in [1.807, 2.05) is 6.07 Å². The first-order valence-corrected chi connectivity index (χ1v) is 10.1. The Labute approximate surface area is 188 Å². The van der Waals surface area contributed by atoms with Crippen LogP contribution in [0.5, 0.6) is 0 Å². The van der Waals surface area contributed by atoms with Gasteiger partial charge in [-0.1, -0.05) is 69.6 Å². The van der Waals surface area contributed by atoms with E-state index in [4.69, 9.17) is 69.6 Å². The van der Waals surface area contributed by atoms with Gasteiger partial charge in [-0.3, -0.25) is 0 Å². The largest absolute Gasteiger partial charge is 0.246 e. The van der Waals surface area contributed by atoms with E-state index >= 15 is 0 Å². The van der Waals surface area contributed by atoms with Gasteiger partial charge in [0, 0.05) is 14.7 Å². The third-order valence-electron chi connectivity index (χ3n) is 3.43. The molecule has 128 valence electrons. The van der Waals surface area contributed by atoms with Gasteiger partial charge in [-0.2, -0.15) is 0 Å². The van der Waals surface area contributed by atoms with Crippen molar-refractivity contribution in [2.45, 2.75) is 0 Å². The highest BCUT2D eigenvalue weighted by molar-refractivity contribution is 14.1. The number of halogens is 7. The molecule has 1 heterocycles. The van der Waals surface area contributed by atoms with Crippen LogP contribution in [-0.4, -0.2) is 4.98 Å². The first kappa shape index (κ1) is 19.8. The van der Waals surface area contributed by atoms with Crippen molar-refractivity contribution < 1.29 is 0 Å². The van der Waals surface area contributed by atoms with E-state index in [1.165, 1.54) is 0 Å². The maximum absolute atomic E-state index is 6.36. The molecule has 0 saturated heterocycles. The Hall–Kier alpha value is 0.0600. The van der Waals surface area contributed by atoms with Crippen LogP contribution in [0.4, 0.5) is 0 Å². The lowest BCUT2D eigenvalue weighted by molar-refractivity contribution is 1.30. The summed E-state index contributed by atoms with van der Waals surface area (Å²) >= 11 is 39.7. The summed E-state index contributed by atoms with van der Waals surface area (Å²) in [5.74, 6) is 0. The molecule has 0 atom stereocenters. The number of aromatic nitrogens is 1. The van der Waals surface area contributed by atoms with Crippen molar-refractivity contribution in [3.8, 4) is 22.5 Å². The molecule has 3 aromatic rings. The zero-order valence-electron chi connectivity index (χ0n) is 12.1. The van der Waals surface area contributed by atoms with Gasteiger partial charge >= 0.3 is 0 Å². The lowest BCUT2D eigenvalue weighted by atomic mass is 10.1. The Morgan fingerprint density at radius 3 is 1.68 bits per heavy atom. The highest BCUT2D eigenvalue weighted by Gasteiger charge is 2.19. The van der Waals surface area contributed by atoms with Crippen molar-refractivity contribution in [3.05, 3.63) is 70.1 Å². The molecular weight excluding hydrogens is 558 g/mol. The smallest absolute Gasteiger partial charge is 0.0873 e. The molecule has 25 heavy (non-hydrogen) atoms. The van der Waals surface area contributed by atoms with Crippen molar-refractivity contribution in [2.75, 3.05) is 0 Å². The zero-order chi connectivity index (χ0) is 18.3. The minimum absolute atomic E-state index is 0.331. The van der Waals surface area contributed by atoms with Gasteiger partial charge in [0.25, 0.3) is 0 Å². The normalized spacial score (nSPS) is 11.0. The van der Waals surface area contributed by atoms with Crippen LogP contribution >= 0.6 is 92.2 Å². The molecule has 0 fully saturated rings. The lowest BCUT2D eigenvalue weighted by Gasteiger charge is -2.13. The van der Waals surface area contributed by atoms with Crippen LogP contribution in [0.15, 0.2) is 36.4 Å². The lowest BCUT2D eigenvalue weighted by Crippen LogP contribution is -1.95. The fourth-order valence-electron chi connectivity index (χ4n) is 2.26. The third kappa shape index (κ3) is 3.86. The Morgan fingerprint density at radius 1 is 0.600 bits per heavy atom. The van der Waals surface area contributed by atoms with Crippen molar-refractivity contribution in [3.63, 3.8) is 0 Å². The van der Waals surface area contributed by atoms with E-state index in [2.05, 4.69) is 27.6 Å². The molecule has 1 nitrogen and oxygen atoms in total. The van der Waals surface area contributed by atoms with Crippen LogP contribution in [0.2, 0.25) is 30.1 Å². The summed E-state index contributed by atoms with van der Waals surface area (Å²) in [5.41, 5.74) is 2.24. The molecule has 2 aromatic carbocycles. The minimum atomic E-state index is 0.331. The van der Waals surface area contributed by atoms with Crippen LogP contribution < -0.4 is 0 Å². The summed E-state index contributed by atoms with van der Waals surface area (Å²) < 4.78 is 0.849. The van der Waals surface area contributed by atoms with Crippen LogP contribution in [0.25, 0.3) is 22.5 Å². The second-order valence-corrected chi connectivity index (χ2v) is 8.51. The van der Waals surface area contributed by atoms with E-state index in [9.17, 15) is 0 Å². The SMILES string of the molecule is Clc1ccc(Cl)c(-c2ccc(I)c(-c3c(Cl)ccc(Cl)c3Cl)n2)c1Cl. The Balaban J connectivity index is 2.29. The molecule has 0 aliphatic carbocycles. The average Bonchev–Trinajstić information content (AvgIpc) is 2.57. The molecule has 0 saturated carbocycles. The fraction of sp³-hybridized carbons (Fsp3) is 0. The van der Waals surface area contributed by atoms with Crippen molar-refractivity contribution in [2.24, 2.45) is 0 Å². The van der Waals surface area contributed by atoms with Gasteiger partial charge in [0.05, 0.1) is 41.5 Å².